The molecule has 0 radical (unpaired) electrons. The molecule has 1 fully saturated rings. The molecule has 0 aliphatic carbocycles. The van der Waals surface area contributed by atoms with Gasteiger partial charge in [0.1, 0.15) is 18.1 Å². The molecule has 0 saturated carbocycles. The van der Waals surface area contributed by atoms with Crippen molar-refractivity contribution < 1.29 is 24.5 Å². The first-order valence-corrected chi connectivity index (χ1v) is 12.4. The van der Waals surface area contributed by atoms with Crippen LogP contribution in [0.25, 0.3) is 0 Å². The Kier molecular flexibility index (Phi) is 8.22. The zero-order chi connectivity index (χ0) is 26.4. The van der Waals surface area contributed by atoms with Crippen molar-refractivity contribution in [3.63, 3.8) is 0 Å². The second-order valence-corrected chi connectivity index (χ2v) is 9.32. The van der Waals surface area contributed by atoms with E-state index in [4.69, 9.17) is 9.84 Å². The van der Waals surface area contributed by atoms with Gasteiger partial charge in [-0.1, -0.05) is 24.3 Å². The van der Waals surface area contributed by atoms with Crippen LogP contribution in [0.15, 0.2) is 48.5 Å². The number of methoxy groups -OCH3 is 1. The lowest BCUT2D eigenvalue weighted by molar-refractivity contribution is -0.135. The van der Waals surface area contributed by atoms with Gasteiger partial charge in [0, 0.05) is 25.2 Å². The van der Waals surface area contributed by atoms with E-state index in [-0.39, 0.29) is 11.4 Å². The second kappa shape index (κ2) is 11.7. The van der Waals surface area contributed by atoms with Crippen LogP contribution < -0.4 is 15.0 Å². The van der Waals surface area contributed by atoms with Crippen molar-refractivity contribution in [2.75, 3.05) is 31.6 Å². The largest absolute Gasteiger partial charge is 0.504 e. The molecule has 9 nitrogen and oxygen atoms in total. The maximum Gasteiger partial charge on any atom is 0.322 e. The Balaban J connectivity index is 1.32. The summed E-state index contributed by atoms with van der Waals surface area (Å²) < 4.78 is 5.23. The summed E-state index contributed by atoms with van der Waals surface area (Å²) in [5.74, 6) is -0.524. The van der Waals surface area contributed by atoms with Crippen LogP contribution in [-0.2, 0) is 17.6 Å². The molecule has 1 aliphatic rings. The number of benzene rings is 2. The normalized spacial score (nSPS) is 13.8. The standard InChI is InChI=1S/C28H32N4O5/c1-18-27(35)26(28(36)29-17-25(33)34)31-24(30-18)16-21-11-13-32(14-12-21)22-7-3-19(4-8-22)15-20-5-9-23(37-2)10-6-20/h3-10,21,35H,11-17H2,1-2H3,(H,29,36)(H,33,34). The number of aliphatic carboxylic acids is 1. The van der Waals surface area contributed by atoms with Gasteiger partial charge in [-0.3, -0.25) is 9.59 Å². The van der Waals surface area contributed by atoms with E-state index in [1.807, 2.05) is 12.1 Å². The Labute approximate surface area is 216 Å². The Bertz CT molecular complexity index is 1240. The molecular formula is C28H32N4O5. The molecule has 0 unspecified atom stereocenters. The van der Waals surface area contributed by atoms with Crippen molar-refractivity contribution in [2.45, 2.75) is 32.6 Å². The smallest absolute Gasteiger partial charge is 0.322 e. The third kappa shape index (κ3) is 6.75. The Morgan fingerprint density at radius 1 is 1.03 bits per heavy atom. The number of piperidine rings is 1. The monoisotopic (exact) mass is 504 g/mol. The number of hydrogen-bond donors (Lipinski definition) is 3. The van der Waals surface area contributed by atoms with E-state index in [2.05, 4.69) is 56.6 Å². The Morgan fingerprint density at radius 3 is 2.24 bits per heavy atom. The molecule has 1 saturated heterocycles. The second-order valence-electron chi connectivity index (χ2n) is 9.32. The first-order valence-electron chi connectivity index (χ1n) is 12.4. The maximum absolute atomic E-state index is 12.3. The van der Waals surface area contributed by atoms with Gasteiger partial charge in [0.05, 0.1) is 12.8 Å². The van der Waals surface area contributed by atoms with Crippen molar-refractivity contribution in [3.8, 4) is 11.5 Å². The van der Waals surface area contributed by atoms with Crippen molar-refractivity contribution >= 4 is 17.6 Å². The van der Waals surface area contributed by atoms with Crippen LogP contribution in [-0.4, -0.2) is 58.8 Å². The summed E-state index contributed by atoms with van der Waals surface area (Å²) >= 11 is 0. The number of aryl methyl sites for hydroxylation is 1. The third-order valence-corrected chi connectivity index (χ3v) is 6.67. The molecular weight excluding hydrogens is 472 g/mol. The van der Waals surface area contributed by atoms with E-state index in [1.54, 1.807) is 14.0 Å². The maximum atomic E-state index is 12.3. The van der Waals surface area contributed by atoms with E-state index in [9.17, 15) is 14.7 Å². The van der Waals surface area contributed by atoms with Crippen LogP contribution in [0.1, 0.15) is 46.0 Å². The van der Waals surface area contributed by atoms with Crippen molar-refractivity contribution in [2.24, 2.45) is 5.92 Å². The summed E-state index contributed by atoms with van der Waals surface area (Å²) in [5, 5.41) is 21.2. The fourth-order valence-corrected chi connectivity index (χ4v) is 4.57. The topological polar surface area (TPSA) is 125 Å². The Morgan fingerprint density at radius 2 is 1.65 bits per heavy atom. The van der Waals surface area contributed by atoms with Crippen LogP contribution in [0.5, 0.6) is 11.5 Å². The molecule has 4 rings (SSSR count). The van der Waals surface area contributed by atoms with E-state index < -0.39 is 18.4 Å². The van der Waals surface area contributed by atoms with Gasteiger partial charge in [0.25, 0.3) is 5.91 Å². The molecule has 0 spiro atoms. The van der Waals surface area contributed by atoms with Gasteiger partial charge in [0.15, 0.2) is 11.4 Å². The van der Waals surface area contributed by atoms with E-state index in [0.29, 0.717) is 23.9 Å². The average Bonchev–Trinajstić information content (AvgIpc) is 2.90. The molecule has 37 heavy (non-hydrogen) atoms. The third-order valence-electron chi connectivity index (χ3n) is 6.67. The zero-order valence-electron chi connectivity index (χ0n) is 21.1. The first-order chi connectivity index (χ1) is 17.8. The van der Waals surface area contributed by atoms with E-state index in [0.717, 1.165) is 38.1 Å². The number of nitrogens with one attached hydrogen (secondary N) is 1. The van der Waals surface area contributed by atoms with Crippen molar-refractivity contribution in [3.05, 3.63) is 76.9 Å². The molecule has 1 aromatic heterocycles. The van der Waals surface area contributed by atoms with Gasteiger partial charge >= 0.3 is 5.97 Å². The number of amides is 1. The number of hydrogen-bond acceptors (Lipinski definition) is 7. The number of carboxylic acids is 1. The van der Waals surface area contributed by atoms with Crippen LogP contribution in [0.3, 0.4) is 0 Å². The molecule has 1 amide bonds. The summed E-state index contributed by atoms with van der Waals surface area (Å²) in [4.78, 5) is 34.0. The van der Waals surface area contributed by atoms with Gasteiger partial charge in [-0.05, 0) is 67.5 Å². The highest BCUT2D eigenvalue weighted by Gasteiger charge is 2.23. The molecule has 9 heteroatoms. The zero-order valence-corrected chi connectivity index (χ0v) is 21.1. The number of rotatable bonds is 9. The van der Waals surface area contributed by atoms with E-state index in [1.165, 1.54) is 16.8 Å². The fourth-order valence-electron chi connectivity index (χ4n) is 4.57. The lowest BCUT2D eigenvalue weighted by atomic mass is 9.92. The molecule has 3 N–H and O–H groups in total. The number of nitrogens with zero attached hydrogens (tertiary/aromatic N) is 3. The molecule has 194 valence electrons. The predicted molar refractivity (Wildman–Crippen MR) is 139 cm³/mol. The lowest BCUT2D eigenvalue weighted by Crippen LogP contribution is -2.34. The van der Waals surface area contributed by atoms with Crippen molar-refractivity contribution in [1.82, 2.24) is 15.3 Å². The molecule has 2 aromatic carbocycles. The predicted octanol–water partition coefficient (Wildman–Crippen LogP) is 3.36. The highest BCUT2D eigenvalue weighted by atomic mass is 16.5. The highest BCUT2D eigenvalue weighted by Crippen LogP contribution is 2.27. The molecule has 0 bridgehead atoms. The van der Waals surface area contributed by atoms with Gasteiger partial charge in [-0.15, -0.1) is 0 Å². The SMILES string of the molecule is COc1ccc(Cc2ccc(N3CCC(Cc4nc(C)c(O)c(C(=O)NCC(=O)O)n4)CC3)cc2)cc1. The lowest BCUT2D eigenvalue weighted by Gasteiger charge is -2.33. The van der Waals surface area contributed by atoms with Gasteiger partial charge in [-0.2, -0.15) is 0 Å². The van der Waals surface area contributed by atoms with Crippen LogP contribution in [0, 0.1) is 12.8 Å². The number of aromatic nitrogens is 2. The molecule has 2 heterocycles. The summed E-state index contributed by atoms with van der Waals surface area (Å²) in [5.41, 5.74) is 3.81. The highest BCUT2D eigenvalue weighted by molar-refractivity contribution is 5.96. The fraction of sp³-hybridized carbons (Fsp3) is 0.357. The number of aromatic hydroxyl groups is 1. The summed E-state index contributed by atoms with van der Waals surface area (Å²) in [7, 11) is 1.67. The van der Waals surface area contributed by atoms with E-state index >= 15 is 0 Å². The quantitative estimate of drug-likeness (QED) is 0.405. The van der Waals surface area contributed by atoms with Crippen LogP contribution in [0.4, 0.5) is 5.69 Å². The van der Waals surface area contributed by atoms with Gasteiger partial charge in [-0.25, -0.2) is 9.97 Å². The minimum atomic E-state index is -1.17. The summed E-state index contributed by atoms with van der Waals surface area (Å²) in [6, 6.07) is 16.8. The molecule has 3 aromatic rings. The minimum Gasteiger partial charge on any atom is -0.504 e. The number of anilines is 1. The first kappa shape index (κ1) is 25.9. The van der Waals surface area contributed by atoms with Gasteiger partial charge < -0.3 is 25.2 Å². The molecule has 1 aliphatic heterocycles. The Hall–Kier alpha value is -4.14. The van der Waals surface area contributed by atoms with Crippen LogP contribution in [0.2, 0.25) is 0 Å². The number of ether oxygens (including phenoxy) is 1. The minimum absolute atomic E-state index is 0.184. The average molecular weight is 505 g/mol. The summed E-state index contributed by atoms with van der Waals surface area (Å²) in [6.07, 6.45) is 3.37. The molecule has 0 atom stereocenters. The number of carboxylic acid groups (broad SMARTS) is 1. The summed E-state index contributed by atoms with van der Waals surface area (Å²) in [6.45, 7) is 2.88. The number of carbonyl (C=O) groups excluding carboxylic acids is 1. The number of carbonyl (C=O) groups is 2. The van der Waals surface area contributed by atoms with Crippen molar-refractivity contribution in [1.29, 1.82) is 0 Å². The van der Waals surface area contributed by atoms with Gasteiger partial charge in [0.2, 0.25) is 0 Å². The van der Waals surface area contributed by atoms with Crippen LogP contribution >= 0.6 is 0 Å².